The van der Waals surface area contributed by atoms with E-state index in [1.54, 1.807) is 0 Å². The first-order valence-electron chi connectivity index (χ1n) is 4.16. The zero-order valence-electron chi connectivity index (χ0n) is 8.08. The van der Waals surface area contributed by atoms with Crippen LogP contribution >= 0.6 is 34.8 Å². The quantitative estimate of drug-likeness (QED) is 0.578. The number of carbonyl (C=O) groups excluding carboxylic acids is 1. The molecule has 0 fully saturated rings. The van der Waals surface area contributed by atoms with Gasteiger partial charge in [-0.05, 0) is 18.2 Å². The third kappa shape index (κ3) is 3.66. The molecule has 0 aliphatic carbocycles. The number of carbonyl (C=O) groups is 2. The Hall–Kier alpha value is -1.17. The van der Waals surface area contributed by atoms with Crippen molar-refractivity contribution in [2.24, 2.45) is 0 Å². The number of hydrogen-bond acceptors (Lipinski definition) is 3. The Morgan fingerprint density at radius 2 is 1.82 bits per heavy atom. The maximum absolute atomic E-state index is 11.3. The highest BCUT2D eigenvalue weighted by atomic mass is 35.6. The molecule has 1 rings (SSSR count). The largest absolute Gasteiger partial charge is 0.506 e. The Kier molecular flexibility index (Phi) is 4.08. The smallest absolute Gasteiger partial charge is 0.335 e. The zero-order chi connectivity index (χ0) is 13.2. The van der Waals surface area contributed by atoms with Crippen LogP contribution < -0.4 is 5.32 Å². The first-order chi connectivity index (χ1) is 7.71. The van der Waals surface area contributed by atoms with Gasteiger partial charge in [0.05, 0.1) is 11.3 Å². The molecular weight excluding hydrogens is 292 g/mol. The van der Waals surface area contributed by atoms with E-state index in [1.807, 2.05) is 0 Å². The number of phenols is 1. The molecule has 0 radical (unpaired) electrons. The van der Waals surface area contributed by atoms with E-state index in [2.05, 4.69) is 5.32 Å². The lowest BCUT2D eigenvalue weighted by Gasteiger charge is -2.12. The van der Waals surface area contributed by atoms with E-state index in [4.69, 9.17) is 39.9 Å². The third-order valence-corrected chi connectivity index (χ3v) is 2.26. The molecule has 0 spiro atoms. The molecule has 1 aromatic rings. The molecule has 0 atom stereocenters. The van der Waals surface area contributed by atoms with Crippen molar-refractivity contribution < 1.29 is 19.8 Å². The molecule has 1 amide bonds. The van der Waals surface area contributed by atoms with Crippen molar-refractivity contribution in [3.8, 4) is 5.75 Å². The topological polar surface area (TPSA) is 86.6 Å². The number of hydrogen-bond donors (Lipinski definition) is 3. The summed E-state index contributed by atoms with van der Waals surface area (Å²) in [6, 6.07) is 3.33. The van der Waals surface area contributed by atoms with Gasteiger partial charge in [-0.1, -0.05) is 34.8 Å². The van der Waals surface area contributed by atoms with Crippen LogP contribution in [0, 0.1) is 0 Å². The third-order valence-electron chi connectivity index (χ3n) is 1.75. The van der Waals surface area contributed by atoms with Gasteiger partial charge < -0.3 is 15.5 Å². The number of carboxylic acids is 1. The summed E-state index contributed by atoms with van der Waals surface area (Å²) < 4.78 is -2.20. The monoisotopic (exact) mass is 297 g/mol. The summed E-state index contributed by atoms with van der Waals surface area (Å²) >= 11 is 15.9. The minimum Gasteiger partial charge on any atom is -0.506 e. The molecule has 0 saturated carbocycles. The molecule has 5 nitrogen and oxygen atoms in total. The fourth-order valence-corrected chi connectivity index (χ4v) is 1.10. The highest BCUT2D eigenvalue weighted by molar-refractivity contribution is 6.76. The summed E-state index contributed by atoms with van der Waals surface area (Å²) in [5, 5.41) is 20.2. The van der Waals surface area contributed by atoms with Crippen LogP contribution in [0.3, 0.4) is 0 Å². The van der Waals surface area contributed by atoms with E-state index in [0.717, 1.165) is 12.1 Å². The molecule has 0 saturated heterocycles. The molecule has 8 heteroatoms. The van der Waals surface area contributed by atoms with Gasteiger partial charge in [0.1, 0.15) is 5.75 Å². The summed E-state index contributed by atoms with van der Waals surface area (Å²) in [6.45, 7) is 0. The number of aromatic hydroxyl groups is 1. The van der Waals surface area contributed by atoms with Gasteiger partial charge in [-0.15, -0.1) is 0 Å². The van der Waals surface area contributed by atoms with Crippen molar-refractivity contribution >= 4 is 52.4 Å². The lowest BCUT2D eigenvalue weighted by atomic mass is 10.2. The highest BCUT2D eigenvalue weighted by Crippen LogP contribution is 2.30. The van der Waals surface area contributed by atoms with Crippen molar-refractivity contribution in [1.82, 2.24) is 0 Å². The lowest BCUT2D eigenvalue weighted by molar-refractivity contribution is -0.115. The summed E-state index contributed by atoms with van der Waals surface area (Å²) in [4.78, 5) is 22.0. The normalized spacial score (nSPS) is 11.0. The average Bonchev–Trinajstić information content (AvgIpc) is 2.19. The van der Waals surface area contributed by atoms with E-state index in [0.29, 0.717) is 0 Å². The first kappa shape index (κ1) is 13.9. The maximum Gasteiger partial charge on any atom is 0.335 e. The van der Waals surface area contributed by atoms with E-state index >= 15 is 0 Å². The molecule has 0 unspecified atom stereocenters. The number of amides is 1. The van der Waals surface area contributed by atoms with Crippen molar-refractivity contribution in [2.75, 3.05) is 5.32 Å². The van der Waals surface area contributed by atoms with Crippen molar-refractivity contribution in [1.29, 1.82) is 0 Å². The Bertz CT molecular complexity index is 470. The Morgan fingerprint density at radius 1 is 1.24 bits per heavy atom. The number of nitrogens with one attached hydrogen (secondary N) is 1. The SMILES string of the molecule is O=C(O)c1ccc(O)c(NC(=O)C(Cl)(Cl)Cl)c1. The Balaban J connectivity index is 3.02. The number of carboxylic acid groups (broad SMARTS) is 1. The number of anilines is 1. The predicted molar refractivity (Wildman–Crippen MR) is 64.0 cm³/mol. The van der Waals surface area contributed by atoms with E-state index in [1.165, 1.54) is 6.07 Å². The van der Waals surface area contributed by atoms with Crippen LogP contribution in [0.2, 0.25) is 0 Å². The van der Waals surface area contributed by atoms with E-state index in [9.17, 15) is 14.7 Å². The summed E-state index contributed by atoms with van der Waals surface area (Å²) in [6.07, 6.45) is 0. The van der Waals surface area contributed by atoms with Crippen molar-refractivity contribution in [3.05, 3.63) is 23.8 Å². The number of phenolic OH excluding ortho intramolecular Hbond substituents is 1. The Morgan fingerprint density at radius 3 is 2.29 bits per heavy atom. The Labute approximate surface area is 111 Å². The van der Waals surface area contributed by atoms with Gasteiger partial charge in [0.25, 0.3) is 9.70 Å². The number of alkyl halides is 3. The second kappa shape index (κ2) is 5.00. The predicted octanol–water partition coefficient (Wildman–Crippen LogP) is 2.40. The standard InChI is InChI=1S/C9H6Cl3NO4/c10-9(11,12)8(17)13-5-3-4(7(15)16)1-2-6(5)14/h1-3,14H,(H,13,17)(H,15,16). The minimum absolute atomic E-state index is 0.123. The first-order valence-corrected chi connectivity index (χ1v) is 5.29. The van der Waals surface area contributed by atoms with Gasteiger partial charge in [0.15, 0.2) is 0 Å². The molecule has 1 aromatic carbocycles. The molecule has 0 aromatic heterocycles. The summed E-state index contributed by atoms with van der Waals surface area (Å²) in [5.74, 6) is -2.55. The van der Waals surface area contributed by atoms with E-state index < -0.39 is 15.7 Å². The van der Waals surface area contributed by atoms with Crippen LogP contribution in [0.15, 0.2) is 18.2 Å². The van der Waals surface area contributed by atoms with Crippen LogP contribution in [0.5, 0.6) is 5.75 Å². The summed E-state index contributed by atoms with van der Waals surface area (Å²) in [5.41, 5.74) is -0.274. The van der Waals surface area contributed by atoms with Gasteiger partial charge in [0.2, 0.25) is 0 Å². The molecular formula is C9H6Cl3NO4. The van der Waals surface area contributed by atoms with Crippen molar-refractivity contribution in [2.45, 2.75) is 3.79 Å². The van der Waals surface area contributed by atoms with Crippen LogP contribution in [0.4, 0.5) is 5.69 Å². The minimum atomic E-state index is -2.20. The molecule has 0 heterocycles. The second-order valence-corrected chi connectivity index (χ2v) is 5.27. The van der Waals surface area contributed by atoms with Gasteiger partial charge in [-0.2, -0.15) is 0 Å². The zero-order valence-corrected chi connectivity index (χ0v) is 10.3. The summed E-state index contributed by atoms with van der Waals surface area (Å²) in [7, 11) is 0. The molecule has 3 N–H and O–H groups in total. The van der Waals surface area contributed by atoms with E-state index in [-0.39, 0.29) is 17.0 Å². The van der Waals surface area contributed by atoms with Crippen LogP contribution in [0.25, 0.3) is 0 Å². The van der Waals surface area contributed by atoms with Gasteiger partial charge in [-0.3, -0.25) is 4.79 Å². The molecule has 17 heavy (non-hydrogen) atoms. The number of rotatable bonds is 2. The average molecular weight is 299 g/mol. The second-order valence-electron chi connectivity index (χ2n) is 2.99. The van der Waals surface area contributed by atoms with Crippen LogP contribution in [-0.4, -0.2) is 25.9 Å². The molecule has 0 aliphatic rings. The number of halogens is 3. The van der Waals surface area contributed by atoms with Crippen LogP contribution in [0.1, 0.15) is 10.4 Å². The lowest BCUT2D eigenvalue weighted by Crippen LogP contribution is -2.27. The number of aromatic carboxylic acids is 1. The van der Waals surface area contributed by atoms with Crippen LogP contribution in [-0.2, 0) is 4.79 Å². The molecule has 92 valence electrons. The maximum atomic E-state index is 11.3. The molecule has 0 bridgehead atoms. The number of benzene rings is 1. The van der Waals surface area contributed by atoms with Gasteiger partial charge >= 0.3 is 5.97 Å². The highest BCUT2D eigenvalue weighted by Gasteiger charge is 2.31. The van der Waals surface area contributed by atoms with Gasteiger partial charge in [-0.25, -0.2) is 4.79 Å². The van der Waals surface area contributed by atoms with Gasteiger partial charge in [0, 0.05) is 0 Å². The molecule has 0 aliphatic heterocycles. The fraction of sp³-hybridized carbons (Fsp3) is 0.111. The van der Waals surface area contributed by atoms with Crippen molar-refractivity contribution in [3.63, 3.8) is 0 Å². The fourth-order valence-electron chi connectivity index (χ4n) is 0.962.